The van der Waals surface area contributed by atoms with Crippen LogP contribution >= 0.6 is 7.82 Å². The van der Waals surface area contributed by atoms with Gasteiger partial charge in [-0.2, -0.15) is 0 Å². The minimum atomic E-state index is -4.64. The molecule has 0 radical (unpaired) electrons. The van der Waals surface area contributed by atoms with Crippen molar-refractivity contribution >= 4 is 19.8 Å². The van der Waals surface area contributed by atoms with Crippen molar-refractivity contribution in [1.82, 2.24) is 0 Å². The lowest BCUT2D eigenvalue weighted by molar-refractivity contribution is -0.158. The number of aliphatic hydroxyl groups excluding tert-OH is 1. The third kappa shape index (κ3) is 19.3. The highest BCUT2D eigenvalue weighted by molar-refractivity contribution is 7.46. The third-order valence-corrected chi connectivity index (χ3v) is 1.85. The molecule has 20 heavy (non-hydrogen) atoms. The molecule has 0 saturated carbocycles. The molecule has 0 aromatic carbocycles. The van der Waals surface area contributed by atoms with Crippen molar-refractivity contribution in [2.24, 2.45) is 5.73 Å². The Hall–Kier alpha value is -1.03. The largest absolute Gasteiger partial charge is 0.469 e. The smallest absolute Gasteiger partial charge is 0.462 e. The van der Waals surface area contributed by atoms with Crippen LogP contribution in [0.2, 0.25) is 0 Å². The quantitative estimate of drug-likeness (QED) is 0.321. The number of rotatable bonds is 7. The predicted molar refractivity (Wildman–Crippen MR) is 66.3 cm³/mol. The first kappa shape index (κ1) is 21.3. The molecule has 0 fully saturated rings. The summed E-state index contributed by atoms with van der Waals surface area (Å²) in [4.78, 5) is 37.9. The van der Waals surface area contributed by atoms with Crippen LogP contribution in [-0.2, 0) is 28.2 Å². The zero-order chi connectivity index (χ0) is 16.2. The maximum Gasteiger partial charge on any atom is 0.469 e. The third-order valence-electron chi connectivity index (χ3n) is 1.36. The SMILES string of the molecule is CC(=O)OCC(COP(=O)(O)O)OC(C)=O.NCCO. The highest BCUT2D eigenvalue weighted by Gasteiger charge is 2.21. The van der Waals surface area contributed by atoms with Crippen LogP contribution in [0.5, 0.6) is 0 Å². The molecule has 11 heteroatoms. The highest BCUT2D eigenvalue weighted by atomic mass is 31.2. The average Bonchev–Trinajstić information content (AvgIpc) is 2.31. The van der Waals surface area contributed by atoms with Gasteiger partial charge in [0.1, 0.15) is 6.61 Å². The summed E-state index contributed by atoms with van der Waals surface area (Å²) in [5.41, 5.74) is 4.78. The second-order valence-corrected chi connectivity index (χ2v) is 4.57. The Balaban J connectivity index is 0. The fourth-order valence-electron chi connectivity index (χ4n) is 0.741. The maximum absolute atomic E-state index is 10.6. The van der Waals surface area contributed by atoms with Crippen LogP contribution in [0.1, 0.15) is 13.8 Å². The van der Waals surface area contributed by atoms with Crippen LogP contribution in [0, 0.1) is 0 Å². The lowest BCUT2D eigenvalue weighted by Gasteiger charge is -2.16. The summed E-state index contributed by atoms with van der Waals surface area (Å²) in [6.07, 6.45) is -1.05. The van der Waals surface area contributed by atoms with Gasteiger partial charge in [-0.25, -0.2) is 4.57 Å². The van der Waals surface area contributed by atoms with E-state index in [1.54, 1.807) is 0 Å². The monoisotopic (exact) mass is 317 g/mol. The number of phosphoric acid groups is 1. The van der Waals surface area contributed by atoms with Gasteiger partial charge in [-0.3, -0.25) is 14.1 Å². The molecule has 120 valence electrons. The first-order chi connectivity index (χ1) is 9.12. The second kappa shape index (κ2) is 11.8. The number of carbonyl (C=O) groups excluding carboxylic acids is 2. The Morgan fingerprint density at radius 3 is 2.00 bits per heavy atom. The van der Waals surface area contributed by atoms with E-state index in [0.29, 0.717) is 6.54 Å². The zero-order valence-electron chi connectivity index (χ0n) is 11.2. The van der Waals surface area contributed by atoms with Gasteiger partial charge in [-0.05, 0) is 0 Å². The van der Waals surface area contributed by atoms with Crippen LogP contribution in [0.25, 0.3) is 0 Å². The molecule has 10 nitrogen and oxygen atoms in total. The average molecular weight is 317 g/mol. The van der Waals surface area contributed by atoms with Crippen molar-refractivity contribution < 1.29 is 43.0 Å². The summed E-state index contributed by atoms with van der Waals surface area (Å²) < 4.78 is 23.6. The lowest BCUT2D eigenvalue weighted by atomic mass is 10.4. The zero-order valence-corrected chi connectivity index (χ0v) is 12.1. The van der Waals surface area contributed by atoms with E-state index in [9.17, 15) is 14.2 Å². The molecule has 0 aliphatic rings. The molecular formula is C9H20NO9P. The van der Waals surface area contributed by atoms with E-state index in [1.165, 1.54) is 0 Å². The summed E-state index contributed by atoms with van der Waals surface area (Å²) in [5.74, 6) is -1.28. The Bertz CT molecular complexity index is 327. The molecular weight excluding hydrogens is 297 g/mol. The van der Waals surface area contributed by atoms with E-state index in [-0.39, 0.29) is 13.2 Å². The van der Waals surface area contributed by atoms with Gasteiger partial charge in [0.05, 0.1) is 13.2 Å². The number of hydrogen-bond acceptors (Lipinski definition) is 8. The van der Waals surface area contributed by atoms with Gasteiger partial charge < -0.3 is 30.1 Å². The van der Waals surface area contributed by atoms with Crippen molar-refractivity contribution in [2.45, 2.75) is 20.0 Å². The Morgan fingerprint density at radius 1 is 1.20 bits per heavy atom. The molecule has 1 atom stereocenters. The molecule has 0 amide bonds. The lowest BCUT2D eigenvalue weighted by Crippen LogP contribution is -2.28. The van der Waals surface area contributed by atoms with E-state index < -0.39 is 32.5 Å². The number of carbonyl (C=O) groups is 2. The Morgan fingerprint density at radius 2 is 1.70 bits per heavy atom. The van der Waals surface area contributed by atoms with E-state index in [1.807, 2.05) is 0 Å². The van der Waals surface area contributed by atoms with Crippen LogP contribution < -0.4 is 5.73 Å². The second-order valence-electron chi connectivity index (χ2n) is 3.33. The molecule has 0 spiro atoms. The van der Waals surface area contributed by atoms with Gasteiger partial charge in [0.2, 0.25) is 0 Å². The van der Waals surface area contributed by atoms with Gasteiger partial charge in [0.15, 0.2) is 6.10 Å². The molecule has 0 heterocycles. The fourth-order valence-corrected chi connectivity index (χ4v) is 1.10. The maximum atomic E-state index is 10.6. The molecule has 5 N–H and O–H groups in total. The van der Waals surface area contributed by atoms with Crippen LogP contribution in [0.3, 0.4) is 0 Å². The number of nitrogens with two attached hydrogens (primary N) is 1. The van der Waals surface area contributed by atoms with Crippen molar-refractivity contribution in [3.63, 3.8) is 0 Å². The van der Waals surface area contributed by atoms with E-state index in [0.717, 1.165) is 13.8 Å². The van der Waals surface area contributed by atoms with Gasteiger partial charge in [0, 0.05) is 20.4 Å². The number of aliphatic hydroxyl groups is 1. The normalized spacial score (nSPS) is 11.9. The van der Waals surface area contributed by atoms with Gasteiger partial charge in [0.25, 0.3) is 0 Å². The summed E-state index contributed by atoms with van der Waals surface area (Å²) >= 11 is 0. The van der Waals surface area contributed by atoms with E-state index >= 15 is 0 Å². The number of ether oxygens (including phenoxy) is 2. The van der Waals surface area contributed by atoms with E-state index in [4.69, 9.17) is 20.6 Å². The van der Waals surface area contributed by atoms with Crippen molar-refractivity contribution in [3.05, 3.63) is 0 Å². The summed E-state index contributed by atoms with van der Waals surface area (Å²) in [5, 5.41) is 7.75. The molecule has 0 saturated heterocycles. The summed E-state index contributed by atoms with van der Waals surface area (Å²) in [6.45, 7) is 1.85. The fraction of sp³-hybridized carbons (Fsp3) is 0.778. The number of hydrogen-bond donors (Lipinski definition) is 4. The van der Waals surface area contributed by atoms with E-state index in [2.05, 4.69) is 14.0 Å². The molecule has 0 bridgehead atoms. The van der Waals surface area contributed by atoms with Crippen molar-refractivity contribution in [2.75, 3.05) is 26.4 Å². The highest BCUT2D eigenvalue weighted by Crippen LogP contribution is 2.35. The summed E-state index contributed by atoms with van der Waals surface area (Å²) in [6, 6.07) is 0. The minimum Gasteiger partial charge on any atom is -0.462 e. The number of phosphoric ester groups is 1. The molecule has 0 aliphatic carbocycles. The van der Waals surface area contributed by atoms with Crippen LogP contribution in [0.15, 0.2) is 0 Å². The first-order valence-corrected chi connectivity index (χ1v) is 6.97. The summed E-state index contributed by atoms with van der Waals surface area (Å²) in [7, 11) is -4.64. The molecule has 0 aromatic rings. The van der Waals surface area contributed by atoms with Crippen LogP contribution in [0.4, 0.5) is 0 Å². The minimum absolute atomic E-state index is 0.0972. The molecule has 0 aromatic heterocycles. The van der Waals surface area contributed by atoms with Crippen LogP contribution in [-0.4, -0.2) is 59.3 Å². The standard InChI is InChI=1S/C7H13O8P.C2H7NO/c1-5(8)13-3-7(15-6(2)9)4-14-16(10,11)12;3-1-2-4/h7H,3-4H2,1-2H3,(H2,10,11,12);4H,1-3H2. The number of esters is 2. The first-order valence-electron chi connectivity index (χ1n) is 5.44. The topological polar surface area (TPSA) is 166 Å². The van der Waals surface area contributed by atoms with Gasteiger partial charge in [-0.15, -0.1) is 0 Å². The predicted octanol–water partition coefficient (Wildman–Crippen LogP) is -1.47. The molecule has 0 aliphatic heterocycles. The van der Waals surface area contributed by atoms with Gasteiger partial charge in [-0.1, -0.05) is 0 Å². The van der Waals surface area contributed by atoms with Gasteiger partial charge >= 0.3 is 19.8 Å². The van der Waals surface area contributed by atoms with Crippen molar-refractivity contribution in [1.29, 1.82) is 0 Å². The molecule has 1 unspecified atom stereocenters. The Labute approximate surface area is 116 Å². The Kier molecular flexibility index (Phi) is 12.5. The molecule has 0 rings (SSSR count). The van der Waals surface area contributed by atoms with Crippen molar-refractivity contribution in [3.8, 4) is 0 Å².